The van der Waals surface area contributed by atoms with Gasteiger partial charge < -0.3 is 10.2 Å². The third kappa shape index (κ3) is 1.73. The summed E-state index contributed by atoms with van der Waals surface area (Å²) in [4.78, 5) is 25.5. The van der Waals surface area contributed by atoms with Crippen molar-refractivity contribution in [3.8, 4) is 0 Å². The van der Waals surface area contributed by atoms with E-state index in [1.807, 2.05) is 5.41 Å². The van der Waals surface area contributed by atoms with Gasteiger partial charge >= 0.3 is 0 Å². The molecule has 90 valence electrons. The average Bonchev–Trinajstić information content (AvgIpc) is 2.88. The highest BCUT2D eigenvalue weighted by Gasteiger charge is 2.32. The molecule has 0 spiro atoms. The Labute approximate surface area is 103 Å². The molecule has 1 atom stereocenters. The number of anilines is 1. The molecule has 0 radical (unpaired) electrons. The van der Waals surface area contributed by atoms with Crippen molar-refractivity contribution in [3.63, 3.8) is 0 Å². The molecule has 0 aliphatic carbocycles. The summed E-state index contributed by atoms with van der Waals surface area (Å²) in [5, 5.41) is 5.44. The average molecular weight is 250 g/mol. The molecule has 2 aliphatic rings. The molecule has 1 aromatic carbocycles. The number of allylic oxidation sites excluding steroid dienone is 1. The van der Waals surface area contributed by atoms with Crippen LogP contribution in [0.25, 0.3) is 0 Å². The largest absolute Gasteiger partial charge is 0.365 e. The minimum Gasteiger partial charge on any atom is -0.365 e. The minimum absolute atomic E-state index is 0.171. The number of nitrogens with one attached hydrogen (secondary N) is 1. The number of hydrogen-bond donors (Lipinski definition) is 1. The molecule has 17 heavy (non-hydrogen) atoms. The Morgan fingerprint density at radius 3 is 2.65 bits per heavy atom. The number of hydrogen-bond acceptors (Lipinski definition) is 5. The Morgan fingerprint density at radius 1 is 1.24 bits per heavy atom. The van der Waals surface area contributed by atoms with Gasteiger partial charge in [0.15, 0.2) is 0 Å². The lowest BCUT2D eigenvalue weighted by molar-refractivity contribution is 0.584. The SMILES string of the molecule is O=c1c(C2CC=CS2)c(N2CCNCC2)c1=O. The molecule has 2 aliphatic heterocycles. The van der Waals surface area contributed by atoms with Crippen LogP contribution >= 0.6 is 11.8 Å². The zero-order chi connectivity index (χ0) is 11.8. The molecule has 1 saturated heterocycles. The zero-order valence-electron chi connectivity index (χ0n) is 9.44. The van der Waals surface area contributed by atoms with E-state index in [1.165, 1.54) is 0 Å². The molecular weight excluding hydrogens is 236 g/mol. The highest BCUT2D eigenvalue weighted by Crippen LogP contribution is 2.40. The van der Waals surface area contributed by atoms with E-state index in [9.17, 15) is 9.59 Å². The molecule has 0 amide bonds. The molecule has 3 rings (SSSR count). The quantitative estimate of drug-likeness (QED) is 0.769. The van der Waals surface area contributed by atoms with Crippen LogP contribution in [0.5, 0.6) is 0 Å². The van der Waals surface area contributed by atoms with Crippen molar-refractivity contribution in [2.45, 2.75) is 11.7 Å². The van der Waals surface area contributed by atoms with Crippen molar-refractivity contribution in [2.75, 3.05) is 31.1 Å². The first-order valence-electron chi connectivity index (χ1n) is 5.88. The van der Waals surface area contributed by atoms with E-state index < -0.39 is 0 Å². The van der Waals surface area contributed by atoms with Crippen LogP contribution in [0.15, 0.2) is 21.1 Å². The van der Waals surface area contributed by atoms with Crippen LogP contribution in [-0.4, -0.2) is 26.2 Å². The van der Waals surface area contributed by atoms with Gasteiger partial charge in [0.2, 0.25) is 10.9 Å². The van der Waals surface area contributed by atoms with Crippen molar-refractivity contribution in [3.05, 3.63) is 37.5 Å². The maximum atomic E-state index is 11.7. The summed E-state index contributed by atoms with van der Waals surface area (Å²) in [7, 11) is 0. The van der Waals surface area contributed by atoms with Gasteiger partial charge in [-0.2, -0.15) is 0 Å². The lowest BCUT2D eigenvalue weighted by Crippen LogP contribution is -2.51. The van der Waals surface area contributed by atoms with Gasteiger partial charge in [0, 0.05) is 37.0 Å². The molecule has 2 heterocycles. The Balaban J connectivity index is 1.91. The number of piperazine rings is 1. The van der Waals surface area contributed by atoms with E-state index in [0.29, 0.717) is 5.69 Å². The van der Waals surface area contributed by atoms with Crippen molar-refractivity contribution >= 4 is 17.4 Å². The van der Waals surface area contributed by atoms with Gasteiger partial charge in [-0.05, 0) is 11.8 Å². The smallest absolute Gasteiger partial charge is 0.249 e. The number of thioether (sulfide) groups is 1. The van der Waals surface area contributed by atoms with Crippen LogP contribution in [-0.2, 0) is 0 Å². The van der Waals surface area contributed by atoms with Crippen LogP contribution in [0.2, 0.25) is 0 Å². The van der Waals surface area contributed by atoms with Gasteiger partial charge in [-0.3, -0.25) is 9.59 Å². The van der Waals surface area contributed by atoms with Crippen LogP contribution in [0, 0.1) is 0 Å². The van der Waals surface area contributed by atoms with E-state index >= 15 is 0 Å². The summed E-state index contributed by atoms with van der Waals surface area (Å²) in [6.07, 6.45) is 2.93. The Morgan fingerprint density at radius 2 is 2.00 bits per heavy atom. The predicted octanol–water partition coefficient (Wildman–Crippen LogP) is 0.384. The molecule has 0 aromatic heterocycles. The topological polar surface area (TPSA) is 49.4 Å². The maximum Gasteiger partial charge on any atom is 0.249 e. The van der Waals surface area contributed by atoms with Crippen LogP contribution in [0.3, 0.4) is 0 Å². The Kier molecular flexibility index (Phi) is 2.80. The summed E-state index contributed by atoms with van der Waals surface area (Å²) in [6.45, 7) is 3.41. The summed E-state index contributed by atoms with van der Waals surface area (Å²) in [6, 6.07) is 0. The third-order valence-corrected chi connectivity index (χ3v) is 4.47. The standard InChI is InChI=1S/C12H14N2O2S/c15-11-9(8-2-1-7-17-8)10(12(11)16)14-5-3-13-4-6-14/h1,7-8,13H,2-6H2. The Bertz CT molecular complexity index is 517. The molecule has 4 nitrogen and oxygen atoms in total. The van der Waals surface area contributed by atoms with Crippen LogP contribution in [0.1, 0.15) is 17.2 Å². The second-order valence-electron chi connectivity index (χ2n) is 4.39. The van der Waals surface area contributed by atoms with Crippen molar-refractivity contribution in [1.82, 2.24) is 5.32 Å². The minimum atomic E-state index is -0.283. The van der Waals surface area contributed by atoms with Gasteiger partial charge in [0.05, 0.1) is 5.69 Å². The zero-order valence-corrected chi connectivity index (χ0v) is 10.3. The second-order valence-corrected chi connectivity index (χ2v) is 5.50. The summed E-state index contributed by atoms with van der Waals surface area (Å²) >= 11 is 1.65. The highest BCUT2D eigenvalue weighted by atomic mass is 32.2. The van der Waals surface area contributed by atoms with Crippen molar-refractivity contribution in [2.24, 2.45) is 0 Å². The highest BCUT2D eigenvalue weighted by molar-refractivity contribution is 8.02. The van der Waals surface area contributed by atoms with Crippen molar-refractivity contribution in [1.29, 1.82) is 0 Å². The fraction of sp³-hybridized carbons (Fsp3) is 0.500. The van der Waals surface area contributed by atoms with Gasteiger partial charge in [-0.15, -0.1) is 11.8 Å². The summed E-state index contributed by atoms with van der Waals surface area (Å²) in [5.41, 5.74) is 0.902. The molecule has 5 heteroatoms. The first-order chi connectivity index (χ1) is 8.29. The maximum absolute atomic E-state index is 11.7. The normalized spacial score (nSPS) is 24.7. The molecule has 0 bridgehead atoms. The van der Waals surface area contributed by atoms with Crippen LogP contribution in [0.4, 0.5) is 5.69 Å². The second kappa shape index (κ2) is 4.31. The van der Waals surface area contributed by atoms with E-state index in [4.69, 9.17) is 0 Å². The first kappa shape index (κ1) is 11.0. The molecule has 1 N–H and O–H groups in total. The predicted molar refractivity (Wildman–Crippen MR) is 70.5 cm³/mol. The first-order valence-corrected chi connectivity index (χ1v) is 6.82. The van der Waals surface area contributed by atoms with E-state index in [0.717, 1.165) is 38.2 Å². The van der Waals surface area contributed by atoms with E-state index in [1.54, 1.807) is 11.8 Å². The monoisotopic (exact) mass is 250 g/mol. The summed E-state index contributed by atoms with van der Waals surface area (Å²) in [5.74, 6) is 0. The van der Waals surface area contributed by atoms with Gasteiger partial charge in [0.25, 0.3) is 0 Å². The molecule has 1 aromatic rings. The molecule has 1 fully saturated rings. The Hall–Kier alpha value is -1.07. The van der Waals surface area contributed by atoms with Gasteiger partial charge in [0.1, 0.15) is 0 Å². The van der Waals surface area contributed by atoms with Crippen LogP contribution < -0.4 is 21.1 Å². The molecular formula is C12H14N2O2S. The van der Waals surface area contributed by atoms with Crippen molar-refractivity contribution < 1.29 is 0 Å². The van der Waals surface area contributed by atoms with E-state index in [2.05, 4.69) is 16.3 Å². The van der Waals surface area contributed by atoms with Gasteiger partial charge in [-0.1, -0.05) is 6.08 Å². The fourth-order valence-corrected chi connectivity index (χ4v) is 3.46. The molecule has 0 saturated carbocycles. The van der Waals surface area contributed by atoms with Gasteiger partial charge in [-0.25, -0.2) is 0 Å². The van der Waals surface area contributed by atoms with E-state index in [-0.39, 0.29) is 16.1 Å². The third-order valence-electron chi connectivity index (χ3n) is 3.37. The number of nitrogens with zero attached hydrogens (tertiary/aromatic N) is 1. The lowest BCUT2D eigenvalue weighted by Gasteiger charge is -2.32. The fourth-order valence-electron chi connectivity index (χ4n) is 2.47. The lowest BCUT2D eigenvalue weighted by atomic mass is 10.00. The molecule has 1 unspecified atom stereocenters. The summed E-state index contributed by atoms with van der Waals surface area (Å²) < 4.78 is 0. The number of rotatable bonds is 2.